The van der Waals surface area contributed by atoms with Crippen molar-refractivity contribution < 1.29 is 10.2 Å². The summed E-state index contributed by atoms with van der Waals surface area (Å²) in [5.74, 6) is 0.789. The van der Waals surface area contributed by atoms with Crippen molar-refractivity contribution >= 4 is 0 Å². The fourth-order valence-electron chi connectivity index (χ4n) is 1.38. The molecule has 2 atom stereocenters. The van der Waals surface area contributed by atoms with E-state index >= 15 is 0 Å². The molecule has 2 nitrogen and oxygen atoms in total. The van der Waals surface area contributed by atoms with Gasteiger partial charge in [-0.25, -0.2) is 0 Å². The van der Waals surface area contributed by atoms with Gasteiger partial charge in [0.1, 0.15) is 0 Å². The van der Waals surface area contributed by atoms with E-state index in [9.17, 15) is 0 Å². The van der Waals surface area contributed by atoms with Crippen LogP contribution in [0, 0.1) is 18.3 Å². The number of aliphatic hydroxyl groups excluding tert-OH is 2. The molecule has 2 heteroatoms. The minimum absolute atomic E-state index is 0.258. The van der Waals surface area contributed by atoms with Gasteiger partial charge in [0.05, 0.1) is 0 Å². The molecule has 0 aliphatic carbocycles. The highest BCUT2D eigenvalue weighted by molar-refractivity contribution is 4.72. The van der Waals surface area contributed by atoms with Crippen molar-refractivity contribution in [2.45, 2.75) is 39.5 Å². The zero-order chi connectivity index (χ0) is 10.1. The van der Waals surface area contributed by atoms with Crippen LogP contribution in [0.1, 0.15) is 39.5 Å². The maximum absolute atomic E-state index is 9.01. The third kappa shape index (κ3) is 7.03. The molecule has 0 bridgehead atoms. The SMILES string of the molecule is CCCC(CO)C[CH]CC(C)CO. The molecular formula is C11H23O2. The standard InChI is InChI=1S/C11H23O2/c1-3-5-11(9-13)7-4-6-10(2)8-12/h4,10-13H,3,5-9H2,1-2H3. The van der Waals surface area contributed by atoms with Crippen molar-refractivity contribution in [3.63, 3.8) is 0 Å². The van der Waals surface area contributed by atoms with E-state index in [1.165, 1.54) is 0 Å². The Kier molecular flexibility index (Phi) is 8.46. The van der Waals surface area contributed by atoms with E-state index < -0.39 is 0 Å². The van der Waals surface area contributed by atoms with Gasteiger partial charge >= 0.3 is 0 Å². The summed E-state index contributed by atoms with van der Waals surface area (Å²) in [4.78, 5) is 0. The molecule has 1 radical (unpaired) electrons. The van der Waals surface area contributed by atoms with Crippen LogP contribution in [-0.2, 0) is 0 Å². The Bertz CT molecular complexity index is 104. The number of hydrogen-bond acceptors (Lipinski definition) is 2. The lowest BCUT2D eigenvalue weighted by Gasteiger charge is -2.13. The molecule has 0 saturated carbocycles. The van der Waals surface area contributed by atoms with Crippen molar-refractivity contribution in [3.05, 3.63) is 6.42 Å². The van der Waals surface area contributed by atoms with E-state index in [4.69, 9.17) is 10.2 Å². The summed E-state index contributed by atoms with van der Waals surface area (Å²) in [6, 6.07) is 0. The zero-order valence-corrected chi connectivity index (χ0v) is 8.87. The highest BCUT2D eigenvalue weighted by atomic mass is 16.3. The highest BCUT2D eigenvalue weighted by Gasteiger charge is 2.07. The van der Waals surface area contributed by atoms with E-state index in [0.29, 0.717) is 11.8 Å². The largest absolute Gasteiger partial charge is 0.396 e. The Hall–Kier alpha value is -0.0800. The van der Waals surface area contributed by atoms with Gasteiger partial charge in [0.15, 0.2) is 0 Å². The van der Waals surface area contributed by atoms with Gasteiger partial charge in [0, 0.05) is 13.2 Å². The molecule has 0 heterocycles. The molecule has 2 unspecified atom stereocenters. The van der Waals surface area contributed by atoms with Gasteiger partial charge in [-0.15, -0.1) is 0 Å². The monoisotopic (exact) mass is 187 g/mol. The molecule has 0 aliphatic rings. The topological polar surface area (TPSA) is 40.5 Å². The summed E-state index contributed by atoms with van der Waals surface area (Å²) >= 11 is 0. The predicted molar refractivity (Wildman–Crippen MR) is 55.3 cm³/mol. The fourth-order valence-corrected chi connectivity index (χ4v) is 1.38. The van der Waals surface area contributed by atoms with Crippen LogP contribution in [0.25, 0.3) is 0 Å². The third-order valence-electron chi connectivity index (χ3n) is 2.34. The molecular weight excluding hydrogens is 164 g/mol. The summed E-state index contributed by atoms with van der Waals surface area (Å²) < 4.78 is 0. The Morgan fingerprint density at radius 2 is 1.85 bits per heavy atom. The van der Waals surface area contributed by atoms with E-state index in [0.717, 1.165) is 25.7 Å². The molecule has 13 heavy (non-hydrogen) atoms. The van der Waals surface area contributed by atoms with Gasteiger partial charge in [-0.3, -0.25) is 0 Å². The van der Waals surface area contributed by atoms with Crippen LogP contribution in [-0.4, -0.2) is 23.4 Å². The Balaban J connectivity index is 3.37. The molecule has 0 fully saturated rings. The molecule has 0 aromatic carbocycles. The first kappa shape index (κ1) is 12.9. The van der Waals surface area contributed by atoms with E-state index in [1.807, 2.05) is 6.92 Å². The van der Waals surface area contributed by atoms with Crippen LogP contribution in [0.5, 0.6) is 0 Å². The third-order valence-corrected chi connectivity index (χ3v) is 2.34. The van der Waals surface area contributed by atoms with Crippen LogP contribution in [0.2, 0.25) is 0 Å². The summed E-state index contributed by atoms with van der Waals surface area (Å²) in [6.45, 7) is 4.72. The predicted octanol–water partition coefficient (Wildman–Crippen LogP) is 2.01. The second-order valence-corrected chi connectivity index (χ2v) is 3.89. The van der Waals surface area contributed by atoms with Gasteiger partial charge in [0.25, 0.3) is 0 Å². The highest BCUT2D eigenvalue weighted by Crippen LogP contribution is 2.15. The fraction of sp³-hybridized carbons (Fsp3) is 0.909. The maximum atomic E-state index is 9.01. The summed E-state index contributed by atoms with van der Waals surface area (Å²) in [6.07, 6.45) is 6.36. The molecule has 2 N–H and O–H groups in total. The van der Waals surface area contributed by atoms with Crippen molar-refractivity contribution in [1.29, 1.82) is 0 Å². The quantitative estimate of drug-likeness (QED) is 0.610. The summed E-state index contributed by atoms with van der Waals surface area (Å²) in [7, 11) is 0. The minimum Gasteiger partial charge on any atom is -0.396 e. The molecule has 0 aromatic rings. The summed E-state index contributed by atoms with van der Waals surface area (Å²) in [5.41, 5.74) is 0. The van der Waals surface area contributed by atoms with Crippen molar-refractivity contribution in [3.8, 4) is 0 Å². The second kappa shape index (κ2) is 8.52. The zero-order valence-electron chi connectivity index (χ0n) is 8.87. The Labute approximate surface area is 82.0 Å². The Morgan fingerprint density at radius 1 is 1.15 bits per heavy atom. The summed E-state index contributed by atoms with van der Waals surface area (Å²) in [5, 5.41) is 17.8. The molecule has 0 spiro atoms. The van der Waals surface area contributed by atoms with Crippen LogP contribution in [0.3, 0.4) is 0 Å². The first-order valence-electron chi connectivity index (χ1n) is 5.27. The van der Waals surface area contributed by atoms with Crippen LogP contribution in [0.4, 0.5) is 0 Å². The lowest BCUT2D eigenvalue weighted by atomic mass is 9.95. The molecule has 0 amide bonds. The molecule has 0 aromatic heterocycles. The van der Waals surface area contributed by atoms with Crippen LogP contribution >= 0.6 is 0 Å². The van der Waals surface area contributed by atoms with Gasteiger partial charge in [-0.2, -0.15) is 0 Å². The molecule has 79 valence electrons. The van der Waals surface area contributed by atoms with Gasteiger partial charge in [0.2, 0.25) is 0 Å². The van der Waals surface area contributed by atoms with Crippen LogP contribution < -0.4 is 0 Å². The lowest BCUT2D eigenvalue weighted by Crippen LogP contribution is -2.08. The maximum Gasteiger partial charge on any atom is 0.0459 e. The molecule has 0 saturated heterocycles. The number of aliphatic hydroxyl groups is 2. The lowest BCUT2D eigenvalue weighted by molar-refractivity contribution is 0.209. The first-order chi connectivity index (χ1) is 6.24. The van der Waals surface area contributed by atoms with E-state index in [2.05, 4.69) is 13.3 Å². The minimum atomic E-state index is 0.258. The Morgan fingerprint density at radius 3 is 2.31 bits per heavy atom. The number of rotatable bonds is 8. The first-order valence-corrected chi connectivity index (χ1v) is 5.27. The average Bonchev–Trinajstić information content (AvgIpc) is 2.16. The number of hydrogen-bond donors (Lipinski definition) is 2. The van der Waals surface area contributed by atoms with Gasteiger partial charge < -0.3 is 10.2 Å². The van der Waals surface area contributed by atoms with Gasteiger partial charge in [-0.05, 0) is 37.5 Å². The molecule has 0 rings (SSSR count). The van der Waals surface area contributed by atoms with Crippen molar-refractivity contribution in [2.75, 3.05) is 13.2 Å². The smallest absolute Gasteiger partial charge is 0.0459 e. The van der Waals surface area contributed by atoms with E-state index in [1.54, 1.807) is 0 Å². The van der Waals surface area contributed by atoms with Crippen molar-refractivity contribution in [2.24, 2.45) is 11.8 Å². The van der Waals surface area contributed by atoms with Crippen LogP contribution in [0.15, 0.2) is 0 Å². The van der Waals surface area contributed by atoms with Gasteiger partial charge in [-0.1, -0.05) is 20.3 Å². The van der Waals surface area contributed by atoms with E-state index in [-0.39, 0.29) is 13.2 Å². The van der Waals surface area contributed by atoms with Crippen molar-refractivity contribution in [1.82, 2.24) is 0 Å². The normalized spacial score (nSPS) is 15.7. The average molecular weight is 187 g/mol. The second-order valence-electron chi connectivity index (χ2n) is 3.89. The molecule has 0 aliphatic heterocycles.